The number of anilines is 2. The molecule has 4 aromatic rings. The summed E-state index contributed by atoms with van der Waals surface area (Å²) in [5, 5.41) is 6.86. The lowest BCUT2D eigenvalue weighted by atomic mass is 10.0. The summed E-state index contributed by atoms with van der Waals surface area (Å²) in [4.78, 5) is 21.7. The SMILES string of the molecule is COc1ccccc1NC(=O)CNc1nc(-c2ccccc2)c2cc(C)ccc2n1. The maximum atomic E-state index is 12.4. The van der Waals surface area contributed by atoms with E-state index < -0.39 is 0 Å². The summed E-state index contributed by atoms with van der Waals surface area (Å²) in [6.07, 6.45) is 0. The number of carbonyl (C=O) groups is 1. The van der Waals surface area contributed by atoms with E-state index in [1.165, 1.54) is 0 Å². The molecule has 0 aliphatic heterocycles. The van der Waals surface area contributed by atoms with Crippen LogP contribution in [0.25, 0.3) is 22.2 Å². The minimum atomic E-state index is -0.214. The Bertz CT molecular complexity index is 1190. The van der Waals surface area contributed by atoms with Gasteiger partial charge >= 0.3 is 0 Å². The number of nitrogens with zero attached hydrogens (tertiary/aromatic N) is 2. The normalized spacial score (nSPS) is 10.6. The quantitative estimate of drug-likeness (QED) is 0.494. The topological polar surface area (TPSA) is 76.1 Å². The van der Waals surface area contributed by atoms with Crippen molar-refractivity contribution in [3.05, 3.63) is 78.4 Å². The number of carbonyl (C=O) groups excluding carboxylic acids is 1. The van der Waals surface area contributed by atoms with Gasteiger partial charge in [-0.05, 0) is 31.2 Å². The van der Waals surface area contributed by atoms with E-state index in [1.54, 1.807) is 19.2 Å². The smallest absolute Gasteiger partial charge is 0.243 e. The summed E-state index contributed by atoms with van der Waals surface area (Å²) < 4.78 is 5.27. The molecule has 0 fully saturated rings. The van der Waals surface area contributed by atoms with Gasteiger partial charge in [-0.25, -0.2) is 9.97 Å². The summed E-state index contributed by atoms with van der Waals surface area (Å²) in [6.45, 7) is 2.08. The van der Waals surface area contributed by atoms with Gasteiger partial charge in [0, 0.05) is 10.9 Å². The second-order valence-corrected chi connectivity index (χ2v) is 6.88. The number of hydrogen-bond acceptors (Lipinski definition) is 5. The van der Waals surface area contributed by atoms with Crippen LogP contribution < -0.4 is 15.4 Å². The van der Waals surface area contributed by atoms with Crippen LogP contribution in [0.15, 0.2) is 72.8 Å². The Morgan fingerprint density at radius 1 is 0.967 bits per heavy atom. The number of rotatable bonds is 6. The van der Waals surface area contributed by atoms with Gasteiger partial charge in [-0.1, -0.05) is 54.1 Å². The molecular weight excluding hydrogens is 376 g/mol. The van der Waals surface area contributed by atoms with Crippen molar-refractivity contribution in [2.24, 2.45) is 0 Å². The van der Waals surface area contributed by atoms with E-state index in [4.69, 9.17) is 9.72 Å². The Kier molecular flexibility index (Phi) is 5.57. The van der Waals surface area contributed by atoms with E-state index in [1.807, 2.05) is 61.5 Å². The van der Waals surface area contributed by atoms with Crippen LogP contribution in [0.1, 0.15) is 5.56 Å². The first-order valence-corrected chi connectivity index (χ1v) is 9.64. The van der Waals surface area contributed by atoms with Gasteiger partial charge in [0.25, 0.3) is 0 Å². The minimum Gasteiger partial charge on any atom is -0.495 e. The van der Waals surface area contributed by atoms with Crippen molar-refractivity contribution >= 4 is 28.4 Å². The minimum absolute atomic E-state index is 0.0314. The molecule has 2 N–H and O–H groups in total. The lowest BCUT2D eigenvalue weighted by molar-refractivity contribution is -0.114. The van der Waals surface area contributed by atoms with Crippen LogP contribution in [-0.2, 0) is 4.79 Å². The lowest BCUT2D eigenvalue weighted by Gasteiger charge is -2.12. The largest absolute Gasteiger partial charge is 0.495 e. The lowest BCUT2D eigenvalue weighted by Crippen LogP contribution is -2.23. The molecule has 6 heteroatoms. The molecule has 0 spiro atoms. The molecule has 0 saturated heterocycles. The first-order valence-electron chi connectivity index (χ1n) is 9.64. The van der Waals surface area contributed by atoms with Crippen molar-refractivity contribution in [3.63, 3.8) is 0 Å². The number of benzene rings is 3. The number of methoxy groups -OCH3 is 1. The highest BCUT2D eigenvalue weighted by Gasteiger charge is 2.12. The first kappa shape index (κ1) is 19.4. The molecule has 0 unspecified atom stereocenters. The fourth-order valence-electron chi connectivity index (χ4n) is 3.24. The van der Waals surface area contributed by atoms with Gasteiger partial charge in [-0.3, -0.25) is 4.79 Å². The van der Waals surface area contributed by atoms with Gasteiger partial charge in [0.15, 0.2) is 0 Å². The van der Waals surface area contributed by atoms with Crippen molar-refractivity contribution in [3.8, 4) is 17.0 Å². The molecule has 150 valence electrons. The Labute approximate surface area is 175 Å². The number of para-hydroxylation sites is 2. The number of aryl methyl sites for hydroxylation is 1. The van der Waals surface area contributed by atoms with Crippen LogP contribution in [0.5, 0.6) is 5.75 Å². The standard InChI is InChI=1S/C24H22N4O2/c1-16-12-13-19-18(14-16)23(17-8-4-3-5-9-17)28-24(27-19)25-15-22(29)26-20-10-6-7-11-21(20)30-2/h3-14H,15H2,1-2H3,(H,26,29)(H,25,27,28). The average molecular weight is 398 g/mol. The molecule has 0 saturated carbocycles. The van der Waals surface area contributed by atoms with Crippen LogP contribution in [0, 0.1) is 6.92 Å². The van der Waals surface area contributed by atoms with Gasteiger partial charge in [0.05, 0.1) is 30.6 Å². The molecule has 30 heavy (non-hydrogen) atoms. The molecule has 6 nitrogen and oxygen atoms in total. The van der Waals surface area contributed by atoms with E-state index in [0.717, 1.165) is 27.7 Å². The maximum absolute atomic E-state index is 12.4. The number of amides is 1. The van der Waals surface area contributed by atoms with E-state index >= 15 is 0 Å². The zero-order chi connectivity index (χ0) is 20.9. The summed E-state index contributed by atoms with van der Waals surface area (Å²) in [7, 11) is 1.57. The fourth-order valence-corrected chi connectivity index (χ4v) is 3.24. The van der Waals surface area contributed by atoms with Crippen molar-refractivity contribution < 1.29 is 9.53 Å². The average Bonchev–Trinajstić information content (AvgIpc) is 2.78. The highest BCUT2D eigenvalue weighted by atomic mass is 16.5. The summed E-state index contributed by atoms with van der Waals surface area (Å²) in [6, 6.07) is 23.3. The molecular formula is C24H22N4O2. The molecule has 0 aliphatic carbocycles. The number of ether oxygens (including phenoxy) is 1. The molecule has 0 bridgehead atoms. The third-order valence-corrected chi connectivity index (χ3v) is 4.69. The van der Waals surface area contributed by atoms with Crippen molar-refractivity contribution in [2.45, 2.75) is 6.92 Å². The molecule has 0 radical (unpaired) electrons. The Morgan fingerprint density at radius 3 is 2.53 bits per heavy atom. The van der Waals surface area contributed by atoms with Crippen molar-refractivity contribution in [1.82, 2.24) is 9.97 Å². The highest BCUT2D eigenvalue weighted by Crippen LogP contribution is 2.28. The molecule has 0 atom stereocenters. The van der Waals surface area contributed by atoms with Gasteiger partial charge in [-0.2, -0.15) is 0 Å². The third-order valence-electron chi connectivity index (χ3n) is 4.69. The summed E-state index contributed by atoms with van der Waals surface area (Å²) in [5.74, 6) is 0.795. The van der Waals surface area contributed by atoms with Crippen LogP contribution >= 0.6 is 0 Å². The highest BCUT2D eigenvalue weighted by molar-refractivity contribution is 5.96. The Morgan fingerprint density at radius 2 is 1.73 bits per heavy atom. The van der Waals surface area contributed by atoms with Gasteiger partial charge in [0.2, 0.25) is 11.9 Å². The zero-order valence-corrected chi connectivity index (χ0v) is 16.8. The second kappa shape index (κ2) is 8.61. The number of aromatic nitrogens is 2. The monoisotopic (exact) mass is 398 g/mol. The summed E-state index contributed by atoms with van der Waals surface area (Å²) >= 11 is 0. The maximum Gasteiger partial charge on any atom is 0.243 e. The zero-order valence-electron chi connectivity index (χ0n) is 16.8. The van der Waals surface area contributed by atoms with E-state index in [9.17, 15) is 4.79 Å². The molecule has 1 amide bonds. The predicted octanol–water partition coefficient (Wildman–Crippen LogP) is 4.66. The van der Waals surface area contributed by atoms with Crippen LogP contribution in [0.4, 0.5) is 11.6 Å². The van der Waals surface area contributed by atoms with E-state index in [0.29, 0.717) is 17.4 Å². The molecule has 1 aromatic heterocycles. The van der Waals surface area contributed by atoms with Crippen LogP contribution in [0.2, 0.25) is 0 Å². The molecule has 1 heterocycles. The van der Waals surface area contributed by atoms with E-state index in [-0.39, 0.29) is 12.5 Å². The first-order chi connectivity index (χ1) is 14.6. The Balaban J connectivity index is 1.59. The number of hydrogen-bond donors (Lipinski definition) is 2. The number of nitrogens with one attached hydrogen (secondary N) is 2. The molecule has 4 rings (SSSR count). The van der Waals surface area contributed by atoms with E-state index in [2.05, 4.69) is 21.7 Å². The van der Waals surface area contributed by atoms with Crippen LogP contribution in [-0.4, -0.2) is 29.5 Å². The van der Waals surface area contributed by atoms with Gasteiger partial charge in [-0.15, -0.1) is 0 Å². The van der Waals surface area contributed by atoms with Crippen molar-refractivity contribution in [1.29, 1.82) is 0 Å². The molecule has 3 aromatic carbocycles. The van der Waals surface area contributed by atoms with Crippen molar-refractivity contribution in [2.75, 3.05) is 24.3 Å². The number of fused-ring (bicyclic) bond motifs is 1. The Hall–Kier alpha value is -3.93. The molecule has 0 aliphatic rings. The van der Waals surface area contributed by atoms with Gasteiger partial charge < -0.3 is 15.4 Å². The van der Waals surface area contributed by atoms with Gasteiger partial charge in [0.1, 0.15) is 5.75 Å². The second-order valence-electron chi connectivity index (χ2n) is 6.88. The fraction of sp³-hybridized carbons (Fsp3) is 0.125. The summed E-state index contributed by atoms with van der Waals surface area (Å²) in [5.41, 5.74) is 4.41. The van der Waals surface area contributed by atoms with Crippen LogP contribution in [0.3, 0.4) is 0 Å². The predicted molar refractivity (Wildman–Crippen MR) is 120 cm³/mol. The third kappa shape index (κ3) is 4.22.